The van der Waals surface area contributed by atoms with Crippen molar-refractivity contribution < 1.29 is 18.7 Å². The first-order valence-corrected chi connectivity index (χ1v) is 5.15. The largest absolute Gasteiger partial charge is 0.476 e. The van der Waals surface area contributed by atoms with Crippen molar-refractivity contribution >= 4 is 17.4 Å². The van der Waals surface area contributed by atoms with Gasteiger partial charge in [0.25, 0.3) is 5.92 Å². The second-order valence-electron chi connectivity index (χ2n) is 4.15. The second kappa shape index (κ2) is 3.37. The molecule has 0 atom stereocenters. The summed E-state index contributed by atoms with van der Waals surface area (Å²) in [6, 6.07) is 0. The van der Waals surface area contributed by atoms with Crippen molar-refractivity contribution in [1.82, 2.24) is 14.4 Å². The van der Waals surface area contributed by atoms with Crippen LogP contribution >= 0.6 is 0 Å². The van der Waals surface area contributed by atoms with Gasteiger partial charge in [-0.05, 0) is 0 Å². The fourth-order valence-corrected chi connectivity index (χ4v) is 1.83. The third kappa shape index (κ3) is 1.66. The van der Waals surface area contributed by atoms with Gasteiger partial charge in [0, 0.05) is 6.20 Å². The van der Waals surface area contributed by atoms with Gasteiger partial charge < -0.3 is 14.4 Å². The number of imidazole rings is 1. The summed E-state index contributed by atoms with van der Waals surface area (Å²) in [5, 5.41) is 8.78. The number of alkyl halides is 2. The van der Waals surface area contributed by atoms with Gasteiger partial charge in [0.15, 0.2) is 11.3 Å². The zero-order valence-corrected chi connectivity index (χ0v) is 9.05. The molecule has 1 aliphatic rings. The van der Waals surface area contributed by atoms with Gasteiger partial charge in [-0.15, -0.1) is 0 Å². The summed E-state index contributed by atoms with van der Waals surface area (Å²) < 4.78 is 26.9. The minimum absolute atomic E-state index is 0.108. The maximum atomic E-state index is 12.7. The Balaban J connectivity index is 1.94. The third-order valence-corrected chi connectivity index (χ3v) is 2.72. The molecule has 6 nitrogen and oxygen atoms in total. The number of carboxylic acid groups (broad SMARTS) is 1. The smallest absolute Gasteiger partial charge is 0.356 e. The van der Waals surface area contributed by atoms with E-state index in [4.69, 9.17) is 5.11 Å². The van der Waals surface area contributed by atoms with Gasteiger partial charge in [0.05, 0.1) is 25.5 Å². The number of halogens is 2. The second-order valence-corrected chi connectivity index (χ2v) is 4.15. The molecule has 94 valence electrons. The first kappa shape index (κ1) is 10.9. The van der Waals surface area contributed by atoms with Crippen molar-refractivity contribution in [2.24, 2.45) is 0 Å². The SMILES string of the molecule is O=C(O)c1cn2cc(N3CC(F)(F)C3)ncc2n1. The van der Waals surface area contributed by atoms with Crippen LogP contribution < -0.4 is 4.90 Å². The Bertz CT molecular complexity index is 632. The maximum Gasteiger partial charge on any atom is 0.356 e. The molecule has 0 bridgehead atoms. The molecular weight excluding hydrogens is 246 g/mol. The predicted octanol–water partition coefficient (Wildman–Crippen LogP) is 0.883. The van der Waals surface area contributed by atoms with E-state index in [-0.39, 0.29) is 18.8 Å². The average molecular weight is 254 g/mol. The number of carboxylic acids is 1. The fraction of sp³-hybridized carbons (Fsp3) is 0.300. The maximum absolute atomic E-state index is 12.7. The van der Waals surface area contributed by atoms with Crippen LogP contribution in [0.3, 0.4) is 0 Å². The fourth-order valence-electron chi connectivity index (χ4n) is 1.83. The van der Waals surface area contributed by atoms with E-state index in [1.54, 1.807) is 0 Å². The molecule has 1 N–H and O–H groups in total. The van der Waals surface area contributed by atoms with Crippen LogP contribution in [0.25, 0.3) is 5.65 Å². The molecule has 0 saturated carbocycles. The molecule has 0 aliphatic carbocycles. The zero-order chi connectivity index (χ0) is 12.9. The topological polar surface area (TPSA) is 70.7 Å². The molecule has 0 radical (unpaired) electrons. The minimum atomic E-state index is -2.67. The van der Waals surface area contributed by atoms with Gasteiger partial charge >= 0.3 is 5.97 Å². The van der Waals surface area contributed by atoms with Crippen LogP contribution in [0.15, 0.2) is 18.6 Å². The molecule has 0 aromatic carbocycles. The normalized spacial score (nSPS) is 17.8. The van der Waals surface area contributed by atoms with Crippen molar-refractivity contribution in [2.75, 3.05) is 18.0 Å². The number of fused-ring (bicyclic) bond motifs is 1. The highest BCUT2D eigenvalue weighted by Crippen LogP contribution is 2.30. The zero-order valence-electron chi connectivity index (χ0n) is 9.05. The Morgan fingerprint density at radius 1 is 1.39 bits per heavy atom. The number of anilines is 1. The van der Waals surface area contributed by atoms with Crippen LogP contribution in [0.4, 0.5) is 14.6 Å². The van der Waals surface area contributed by atoms with Crippen LogP contribution in [-0.2, 0) is 0 Å². The first-order chi connectivity index (χ1) is 8.44. The molecule has 0 spiro atoms. The Kier molecular flexibility index (Phi) is 2.04. The lowest BCUT2D eigenvalue weighted by molar-refractivity contribution is -0.0267. The molecule has 1 aliphatic heterocycles. The highest BCUT2D eigenvalue weighted by molar-refractivity contribution is 5.86. The molecule has 18 heavy (non-hydrogen) atoms. The van der Waals surface area contributed by atoms with Crippen LogP contribution in [0.5, 0.6) is 0 Å². The summed E-state index contributed by atoms with van der Waals surface area (Å²) in [4.78, 5) is 20.0. The van der Waals surface area contributed by atoms with Crippen molar-refractivity contribution in [3.8, 4) is 0 Å². The van der Waals surface area contributed by atoms with E-state index in [1.807, 2.05) is 0 Å². The molecule has 8 heteroatoms. The van der Waals surface area contributed by atoms with Gasteiger partial charge in [-0.25, -0.2) is 23.5 Å². The number of nitrogens with zero attached hydrogens (tertiary/aromatic N) is 4. The van der Waals surface area contributed by atoms with E-state index >= 15 is 0 Å². The van der Waals surface area contributed by atoms with Crippen LogP contribution in [0.1, 0.15) is 10.5 Å². The summed E-state index contributed by atoms with van der Waals surface area (Å²) in [5.74, 6) is -3.43. The van der Waals surface area contributed by atoms with Crippen LogP contribution in [0, 0.1) is 0 Å². The lowest BCUT2D eigenvalue weighted by Gasteiger charge is -2.39. The average Bonchev–Trinajstić information content (AvgIpc) is 2.68. The predicted molar refractivity (Wildman–Crippen MR) is 57.1 cm³/mol. The van der Waals surface area contributed by atoms with Gasteiger partial charge in [0.2, 0.25) is 0 Å². The van der Waals surface area contributed by atoms with Gasteiger partial charge in [-0.1, -0.05) is 0 Å². The summed E-state index contributed by atoms with van der Waals surface area (Å²) in [6.07, 6.45) is 4.17. The molecule has 3 heterocycles. The number of hydrogen-bond donors (Lipinski definition) is 1. The number of aromatic nitrogens is 3. The Labute approximate surface area is 99.5 Å². The van der Waals surface area contributed by atoms with Crippen molar-refractivity contribution in [3.05, 3.63) is 24.3 Å². The molecular formula is C10H8F2N4O2. The van der Waals surface area contributed by atoms with Gasteiger partial charge in [-0.3, -0.25) is 0 Å². The van der Waals surface area contributed by atoms with Crippen molar-refractivity contribution in [3.63, 3.8) is 0 Å². The standard InChI is InChI=1S/C10H8F2N4O2/c11-10(12)4-16(5-10)8-3-15-2-6(9(17)18)14-7(15)1-13-8/h1-3H,4-5H2,(H,17,18). The summed E-state index contributed by atoms with van der Waals surface area (Å²) in [7, 11) is 0. The van der Waals surface area contributed by atoms with Crippen LogP contribution in [0.2, 0.25) is 0 Å². The summed E-state index contributed by atoms with van der Waals surface area (Å²) in [5.41, 5.74) is 0.256. The monoisotopic (exact) mass is 254 g/mol. The Morgan fingerprint density at radius 2 is 2.11 bits per heavy atom. The lowest BCUT2D eigenvalue weighted by atomic mass is 10.1. The number of rotatable bonds is 2. The van der Waals surface area contributed by atoms with E-state index in [9.17, 15) is 13.6 Å². The Hall–Kier alpha value is -2.25. The van der Waals surface area contributed by atoms with E-state index in [2.05, 4.69) is 9.97 Å². The highest BCUT2D eigenvalue weighted by Gasteiger charge is 2.44. The number of carbonyl (C=O) groups is 1. The van der Waals surface area contributed by atoms with Crippen molar-refractivity contribution in [2.45, 2.75) is 5.92 Å². The van der Waals surface area contributed by atoms with Gasteiger partial charge in [0.1, 0.15) is 5.82 Å². The molecule has 2 aromatic rings. The van der Waals surface area contributed by atoms with Gasteiger partial charge in [-0.2, -0.15) is 0 Å². The number of aromatic carboxylic acids is 1. The van der Waals surface area contributed by atoms with E-state index in [1.165, 1.54) is 27.9 Å². The molecule has 1 saturated heterocycles. The van der Waals surface area contributed by atoms with E-state index < -0.39 is 11.9 Å². The number of hydrogen-bond acceptors (Lipinski definition) is 4. The highest BCUT2D eigenvalue weighted by atomic mass is 19.3. The lowest BCUT2D eigenvalue weighted by Crippen LogP contribution is -2.56. The van der Waals surface area contributed by atoms with E-state index in [0.717, 1.165) is 0 Å². The molecule has 0 unspecified atom stereocenters. The Morgan fingerprint density at radius 3 is 2.72 bits per heavy atom. The summed E-state index contributed by atoms with van der Waals surface area (Å²) >= 11 is 0. The molecule has 2 aromatic heterocycles. The molecule has 3 rings (SSSR count). The summed E-state index contributed by atoms with van der Waals surface area (Å²) in [6.45, 7) is -0.738. The minimum Gasteiger partial charge on any atom is -0.476 e. The van der Waals surface area contributed by atoms with Crippen molar-refractivity contribution in [1.29, 1.82) is 0 Å². The van der Waals surface area contributed by atoms with E-state index in [0.29, 0.717) is 11.5 Å². The quantitative estimate of drug-likeness (QED) is 0.861. The third-order valence-electron chi connectivity index (χ3n) is 2.72. The first-order valence-electron chi connectivity index (χ1n) is 5.15. The molecule has 1 fully saturated rings. The van der Waals surface area contributed by atoms with Crippen LogP contribution in [-0.4, -0.2) is 44.5 Å². The molecule has 0 amide bonds.